The number of benzene rings is 2. The predicted octanol–water partition coefficient (Wildman–Crippen LogP) is 3.38. The molecule has 27 heavy (non-hydrogen) atoms. The van der Waals surface area contributed by atoms with Crippen molar-refractivity contribution in [1.82, 2.24) is 4.31 Å². The molecule has 6 nitrogen and oxygen atoms in total. The average Bonchev–Trinajstić information content (AvgIpc) is 2.67. The van der Waals surface area contributed by atoms with Crippen LogP contribution >= 0.6 is 0 Å². The van der Waals surface area contributed by atoms with Crippen LogP contribution in [-0.4, -0.2) is 38.8 Å². The van der Waals surface area contributed by atoms with E-state index < -0.39 is 10.0 Å². The minimum Gasteiger partial charge on any atom is -0.497 e. The fourth-order valence-corrected chi connectivity index (χ4v) is 3.98. The summed E-state index contributed by atoms with van der Waals surface area (Å²) < 4.78 is 31.4. The zero-order valence-corrected chi connectivity index (χ0v) is 16.5. The minimum atomic E-state index is -3.50. The molecule has 0 fully saturated rings. The number of methoxy groups -OCH3 is 1. The zero-order chi connectivity index (χ0) is 19.9. The normalized spacial score (nSPS) is 11.7. The summed E-state index contributed by atoms with van der Waals surface area (Å²) in [6, 6.07) is 13.5. The molecule has 0 aliphatic heterocycles. The largest absolute Gasteiger partial charge is 0.497 e. The molecule has 1 amide bonds. The van der Waals surface area contributed by atoms with Crippen LogP contribution in [0.2, 0.25) is 0 Å². The van der Waals surface area contributed by atoms with Crippen LogP contribution in [-0.2, 0) is 14.8 Å². The highest BCUT2D eigenvalue weighted by Gasteiger charge is 2.21. The number of nitrogens with one attached hydrogen (secondary N) is 1. The molecule has 0 radical (unpaired) electrons. The third kappa shape index (κ3) is 5.42. The van der Waals surface area contributed by atoms with Crippen LogP contribution < -0.4 is 10.1 Å². The molecule has 0 aliphatic carbocycles. The van der Waals surface area contributed by atoms with Crippen molar-refractivity contribution >= 4 is 27.7 Å². The highest BCUT2D eigenvalue weighted by Crippen LogP contribution is 2.18. The SMILES string of the molecule is CCN(CC)S(=O)(=O)c1ccc(NC(=O)/C=C/c2cccc(OC)c2)cc1. The summed E-state index contributed by atoms with van der Waals surface area (Å²) >= 11 is 0. The molecule has 1 N–H and O–H groups in total. The Balaban J connectivity index is 2.05. The highest BCUT2D eigenvalue weighted by molar-refractivity contribution is 7.89. The lowest BCUT2D eigenvalue weighted by atomic mass is 10.2. The fraction of sp³-hybridized carbons (Fsp3) is 0.250. The lowest BCUT2D eigenvalue weighted by Gasteiger charge is -2.18. The van der Waals surface area contributed by atoms with Gasteiger partial charge in [-0.1, -0.05) is 26.0 Å². The molecular formula is C20H24N2O4S. The molecule has 0 heterocycles. The maximum absolute atomic E-state index is 12.5. The highest BCUT2D eigenvalue weighted by atomic mass is 32.2. The molecular weight excluding hydrogens is 364 g/mol. The Kier molecular flexibility index (Phi) is 7.15. The van der Waals surface area contributed by atoms with Crippen molar-refractivity contribution < 1.29 is 17.9 Å². The van der Waals surface area contributed by atoms with E-state index in [2.05, 4.69) is 5.32 Å². The van der Waals surface area contributed by atoms with Gasteiger partial charge in [-0.25, -0.2) is 8.42 Å². The Bertz CT molecular complexity index is 902. The lowest BCUT2D eigenvalue weighted by Crippen LogP contribution is -2.30. The number of carbonyl (C=O) groups is 1. The van der Waals surface area contributed by atoms with Gasteiger partial charge in [0, 0.05) is 24.9 Å². The molecule has 0 spiro atoms. The summed E-state index contributed by atoms with van der Waals surface area (Å²) in [7, 11) is -1.92. The van der Waals surface area contributed by atoms with Gasteiger partial charge in [0.05, 0.1) is 12.0 Å². The molecule has 144 valence electrons. The van der Waals surface area contributed by atoms with Gasteiger partial charge in [0.25, 0.3) is 0 Å². The van der Waals surface area contributed by atoms with E-state index in [1.165, 1.54) is 22.5 Å². The molecule has 0 bridgehead atoms. The summed E-state index contributed by atoms with van der Waals surface area (Å²) in [5.74, 6) is 0.403. The first-order chi connectivity index (χ1) is 12.9. The van der Waals surface area contributed by atoms with Crippen molar-refractivity contribution in [2.75, 3.05) is 25.5 Å². The number of hydrogen-bond donors (Lipinski definition) is 1. The molecule has 0 saturated heterocycles. The van der Waals surface area contributed by atoms with Gasteiger partial charge in [-0.05, 0) is 48.0 Å². The first-order valence-corrected chi connectivity index (χ1v) is 10.1. The van der Waals surface area contributed by atoms with Crippen LogP contribution in [0.5, 0.6) is 5.75 Å². The number of nitrogens with zero attached hydrogens (tertiary/aromatic N) is 1. The van der Waals surface area contributed by atoms with Gasteiger partial charge in [-0.2, -0.15) is 4.31 Å². The second-order valence-electron chi connectivity index (χ2n) is 5.71. The Morgan fingerprint density at radius 3 is 2.37 bits per heavy atom. The number of rotatable bonds is 8. The number of ether oxygens (including phenoxy) is 1. The van der Waals surface area contributed by atoms with Gasteiger partial charge in [0.1, 0.15) is 5.75 Å². The van der Waals surface area contributed by atoms with Crippen molar-refractivity contribution in [1.29, 1.82) is 0 Å². The second kappa shape index (κ2) is 9.34. The molecule has 7 heteroatoms. The predicted molar refractivity (Wildman–Crippen MR) is 107 cm³/mol. The minimum absolute atomic E-state index is 0.205. The molecule has 2 aromatic rings. The van der Waals surface area contributed by atoms with Crippen LogP contribution in [0.25, 0.3) is 6.08 Å². The van der Waals surface area contributed by atoms with E-state index in [9.17, 15) is 13.2 Å². The Labute approximate surface area is 160 Å². The summed E-state index contributed by atoms with van der Waals surface area (Å²) in [6.07, 6.45) is 3.09. The van der Waals surface area contributed by atoms with Crippen molar-refractivity contribution in [2.45, 2.75) is 18.7 Å². The number of hydrogen-bond acceptors (Lipinski definition) is 4. The molecule has 0 aliphatic rings. The Morgan fingerprint density at radius 1 is 1.11 bits per heavy atom. The van der Waals surface area contributed by atoms with Gasteiger partial charge in [-0.15, -0.1) is 0 Å². The maximum Gasteiger partial charge on any atom is 0.248 e. The second-order valence-corrected chi connectivity index (χ2v) is 7.65. The molecule has 0 unspecified atom stereocenters. The van der Waals surface area contributed by atoms with Crippen LogP contribution in [0, 0.1) is 0 Å². The summed E-state index contributed by atoms with van der Waals surface area (Å²) in [5.41, 5.74) is 1.36. The van der Waals surface area contributed by atoms with Crippen LogP contribution in [0.15, 0.2) is 59.5 Å². The van der Waals surface area contributed by atoms with Gasteiger partial charge in [-0.3, -0.25) is 4.79 Å². The molecule has 0 atom stereocenters. The standard InChI is InChI=1S/C20H24N2O4S/c1-4-22(5-2)27(24,25)19-12-10-17(11-13-19)21-20(23)14-9-16-7-6-8-18(15-16)26-3/h6-15H,4-5H2,1-3H3,(H,21,23)/b14-9+. The third-order valence-corrected chi connectivity index (χ3v) is 6.05. The van der Waals surface area contributed by atoms with Gasteiger partial charge in [0.15, 0.2) is 0 Å². The van der Waals surface area contributed by atoms with Crippen molar-refractivity contribution in [3.05, 3.63) is 60.2 Å². The van der Waals surface area contributed by atoms with E-state index in [0.29, 0.717) is 24.5 Å². The summed E-state index contributed by atoms with van der Waals surface area (Å²) in [6.45, 7) is 4.41. The molecule has 2 aromatic carbocycles. The van der Waals surface area contributed by atoms with E-state index in [-0.39, 0.29) is 10.8 Å². The topological polar surface area (TPSA) is 75.7 Å². The fourth-order valence-electron chi connectivity index (χ4n) is 2.52. The van der Waals surface area contributed by atoms with Crippen LogP contribution in [0.1, 0.15) is 19.4 Å². The molecule has 0 saturated carbocycles. The van der Waals surface area contributed by atoms with Gasteiger partial charge < -0.3 is 10.1 Å². The monoisotopic (exact) mass is 388 g/mol. The number of sulfonamides is 1. The smallest absolute Gasteiger partial charge is 0.248 e. The van der Waals surface area contributed by atoms with Crippen LogP contribution in [0.4, 0.5) is 5.69 Å². The van der Waals surface area contributed by atoms with E-state index in [1.54, 1.807) is 39.2 Å². The van der Waals surface area contributed by atoms with E-state index in [1.807, 2.05) is 24.3 Å². The number of carbonyl (C=O) groups excluding carboxylic acids is 1. The van der Waals surface area contributed by atoms with Crippen molar-refractivity contribution in [3.8, 4) is 5.75 Å². The Morgan fingerprint density at radius 2 is 1.78 bits per heavy atom. The van der Waals surface area contributed by atoms with Crippen molar-refractivity contribution in [2.24, 2.45) is 0 Å². The van der Waals surface area contributed by atoms with Gasteiger partial charge in [0.2, 0.25) is 15.9 Å². The van der Waals surface area contributed by atoms with E-state index in [4.69, 9.17) is 4.74 Å². The van der Waals surface area contributed by atoms with Gasteiger partial charge >= 0.3 is 0 Å². The lowest BCUT2D eigenvalue weighted by molar-refractivity contribution is -0.111. The molecule has 2 rings (SSSR count). The summed E-state index contributed by atoms with van der Waals surface area (Å²) in [5, 5.41) is 2.71. The van der Waals surface area contributed by atoms with Crippen LogP contribution in [0.3, 0.4) is 0 Å². The zero-order valence-electron chi connectivity index (χ0n) is 15.7. The molecule has 0 aromatic heterocycles. The first-order valence-electron chi connectivity index (χ1n) is 8.64. The van der Waals surface area contributed by atoms with E-state index >= 15 is 0 Å². The average molecular weight is 388 g/mol. The Hall–Kier alpha value is -2.64. The summed E-state index contributed by atoms with van der Waals surface area (Å²) in [4.78, 5) is 12.3. The maximum atomic E-state index is 12.5. The first kappa shape index (κ1) is 20.7. The van der Waals surface area contributed by atoms with E-state index in [0.717, 1.165) is 5.56 Å². The number of anilines is 1. The third-order valence-electron chi connectivity index (χ3n) is 3.99. The van der Waals surface area contributed by atoms with Crippen molar-refractivity contribution in [3.63, 3.8) is 0 Å². The quantitative estimate of drug-likeness (QED) is 0.704. The number of amides is 1.